The second-order valence-electron chi connectivity index (χ2n) is 10.1. The lowest BCUT2D eigenvalue weighted by Crippen LogP contribution is -2.45. The van der Waals surface area contributed by atoms with Gasteiger partial charge in [0.2, 0.25) is 0 Å². The van der Waals surface area contributed by atoms with E-state index in [-0.39, 0.29) is 0 Å². The summed E-state index contributed by atoms with van der Waals surface area (Å²) in [7, 11) is 4.24. The van der Waals surface area contributed by atoms with Crippen molar-refractivity contribution in [3.63, 3.8) is 0 Å². The Bertz CT molecular complexity index is 1160. The van der Waals surface area contributed by atoms with Crippen LogP contribution in [0.2, 0.25) is 0 Å². The fourth-order valence-electron chi connectivity index (χ4n) is 5.43. The van der Waals surface area contributed by atoms with Gasteiger partial charge < -0.3 is 25.1 Å². The van der Waals surface area contributed by atoms with Crippen LogP contribution in [0.4, 0.5) is 11.5 Å². The van der Waals surface area contributed by atoms with Crippen molar-refractivity contribution >= 4 is 22.3 Å². The van der Waals surface area contributed by atoms with Crippen molar-refractivity contribution in [2.45, 2.75) is 26.3 Å². The zero-order chi connectivity index (χ0) is 23.7. The van der Waals surface area contributed by atoms with Crippen LogP contribution in [0.1, 0.15) is 24.0 Å². The third kappa shape index (κ3) is 4.81. The first-order chi connectivity index (χ1) is 16.5. The van der Waals surface area contributed by atoms with E-state index in [9.17, 15) is 5.11 Å². The number of rotatable bonds is 6. The Labute approximate surface area is 202 Å². The number of piperazine rings is 1. The molecule has 3 aromatic rings. The summed E-state index contributed by atoms with van der Waals surface area (Å²) in [5.74, 6) is 2.88. The monoisotopic (exact) mass is 460 g/mol. The molecule has 2 aromatic carbocycles. The highest BCUT2D eigenvalue weighted by Crippen LogP contribution is 2.35. The van der Waals surface area contributed by atoms with Crippen molar-refractivity contribution < 1.29 is 5.11 Å². The predicted octanol–water partition coefficient (Wildman–Crippen LogP) is 3.05. The highest BCUT2D eigenvalue weighted by atomic mass is 16.3. The first-order valence-electron chi connectivity index (χ1n) is 12.4. The van der Waals surface area contributed by atoms with Crippen LogP contribution < -0.4 is 15.1 Å². The Balaban J connectivity index is 1.51. The maximum atomic E-state index is 10.4. The summed E-state index contributed by atoms with van der Waals surface area (Å²) in [4.78, 5) is 17.3. The van der Waals surface area contributed by atoms with Gasteiger partial charge in [-0.15, -0.1) is 0 Å². The highest BCUT2D eigenvalue weighted by Gasteiger charge is 2.27. The van der Waals surface area contributed by atoms with Crippen LogP contribution in [0, 0.1) is 5.92 Å². The van der Waals surface area contributed by atoms with E-state index in [1.807, 2.05) is 18.2 Å². The molecule has 0 bridgehead atoms. The fourth-order valence-corrected chi connectivity index (χ4v) is 5.43. The molecule has 0 radical (unpaired) electrons. The van der Waals surface area contributed by atoms with Crippen molar-refractivity contribution in [1.82, 2.24) is 20.2 Å². The molecule has 2 aliphatic heterocycles. The number of phenolic OH excluding ortho intramolecular Hbond substituents is 1. The molecular formula is C27H36N6O. The summed E-state index contributed by atoms with van der Waals surface area (Å²) in [6.45, 7) is 8.87. The van der Waals surface area contributed by atoms with E-state index in [1.54, 1.807) is 0 Å². The molecule has 34 heavy (non-hydrogen) atoms. The van der Waals surface area contributed by atoms with Gasteiger partial charge in [0.1, 0.15) is 17.4 Å². The van der Waals surface area contributed by atoms with E-state index in [2.05, 4.69) is 59.2 Å². The quantitative estimate of drug-likeness (QED) is 0.586. The Morgan fingerprint density at radius 3 is 2.65 bits per heavy atom. The van der Waals surface area contributed by atoms with Gasteiger partial charge >= 0.3 is 0 Å². The minimum Gasteiger partial charge on any atom is -0.508 e. The lowest BCUT2D eigenvalue weighted by atomic mass is 10.0. The number of aromatic hydroxyl groups is 1. The van der Waals surface area contributed by atoms with Crippen LogP contribution in [-0.2, 0) is 19.4 Å². The third-order valence-electron chi connectivity index (χ3n) is 6.88. The Hall–Kier alpha value is -2.90. The number of phenols is 1. The molecular weight excluding hydrogens is 424 g/mol. The number of benzene rings is 2. The van der Waals surface area contributed by atoms with Gasteiger partial charge in [0, 0.05) is 68.4 Å². The van der Waals surface area contributed by atoms with Crippen LogP contribution in [0.5, 0.6) is 5.75 Å². The molecule has 0 amide bonds. The summed E-state index contributed by atoms with van der Waals surface area (Å²) in [6.07, 6.45) is 1.78. The largest absolute Gasteiger partial charge is 0.508 e. The molecule has 5 rings (SSSR count). The predicted molar refractivity (Wildman–Crippen MR) is 139 cm³/mol. The Morgan fingerprint density at radius 1 is 1.06 bits per heavy atom. The minimum absolute atomic E-state index is 0.307. The average Bonchev–Trinajstić information content (AvgIpc) is 2.82. The number of nitrogens with one attached hydrogen (secondary N) is 1. The number of hydrogen-bond donors (Lipinski definition) is 2. The van der Waals surface area contributed by atoms with Gasteiger partial charge in [0.25, 0.3) is 0 Å². The molecule has 2 N–H and O–H groups in total. The van der Waals surface area contributed by atoms with Gasteiger partial charge in [0.15, 0.2) is 0 Å². The van der Waals surface area contributed by atoms with Gasteiger partial charge in [-0.2, -0.15) is 0 Å². The normalized spacial score (nSPS) is 17.3. The lowest BCUT2D eigenvalue weighted by Gasteiger charge is -2.36. The summed E-state index contributed by atoms with van der Waals surface area (Å²) in [5, 5.41) is 16.1. The van der Waals surface area contributed by atoms with Gasteiger partial charge in [-0.25, -0.2) is 9.97 Å². The number of fused-ring (bicyclic) bond motifs is 2. The molecule has 0 unspecified atom stereocenters. The number of nitrogens with zero attached hydrogens (tertiary/aromatic N) is 5. The van der Waals surface area contributed by atoms with E-state index >= 15 is 0 Å². The number of hydrogen-bond acceptors (Lipinski definition) is 7. The molecule has 0 saturated carbocycles. The van der Waals surface area contributed by atoms with Crippen molar-refractivity contribution in [3.05, 3.63) is 53.5 Å². The maximum absolute atomic E-state index is 10.4. The van der Waals surface area contributed by atoms with E-state index in [0.717, 1.165) is 87.1 Å². The standard InChI is InChI=1S/C27H36N6O/c1-19(17-31(2)3)14-26-29-24-18-33(25-16-21(34)15-20-6-4-5-7-22(20)25)11-8-23(24)27(30-26)32-12-9-28-10-13-32/h4-7,15-16,19,28,34H,8-14,17-18H2,1-3H3/t19-/m0/s1. The van der Waals surface area contributed by atoms with E-state index in [4.69, 9.17) is 9.97 Å². The Morgan fingerprint density at radius 2 is 1.85 bits per heavy atom. The van der Waals surface area contributed by atoms with Gasteiger partial charge in [0.05, 0.1) is 12.2 Å². The average molecular weight is 461 g/mol. The second-order valence-corrected chi connectivity index (χ2v) is 10.1. The van der Waals surface area contributed by atoms with Crippen LogP contribution >= 0.6 is 0 Å². The first-order valence-corrected chi connectivity index (χ1v) is 12.4. The summed E-state index contributed by atoms with van der Waals surface area (Å²) < 4.78 is 0. The third-order valence-corrected chi connectivity index (χ3v) is 6.88. The molecule has 1 fully saturated rings. The minimum atomic E-state index is 0.307. The molecule has 1 saturated heterocycles. The molecule has 2 aliphatic rings. The van der Waals surface area contributed by atoms with Gasteiger partial charge in [-0.1, -0.05) is 31.2 Å². The van der Waals surface area contributed by atoms with E-state index in [1.165, 1.54) is 10.9 Å². The molecule has 180 valence electrons. The van der Waals surface area contributed by atoms with E-state index < -0.39 is 0 Å². The van der Waals surface area contributed by atoms with Crippen LogP contribution in [0.3, 0.4) is 0 Å². The maximum Gasteiger partial charge on any atom is 0.136 e. The summed E-state index contributed by atoms with van der Waals surface area (Å²) >= 11 is 0. The number of aromatic nitrogens is 2. The van der Waals surface area contributed by atoms with Gasteiger partial charge in [-0.05, 0) is 37.9 Å². The highest BCUT2D eigenvalue weighted by molar-refractivity contribution is 5.95. The smallest absolute Gasteiger partial charge is 0.136 e. The lowest BCUT2D eigenvalue weighted by molar-refractivity contribution is 0.335. The van der Waals surface area contributed by atoms with Crippen LogP contribution in [0.25, 0.3) is 10.8 Å². The molecule has 0 spiro atoms. The van der Waals surface area contributed by atoms with Crippen molar-refractivity contribution in [2.24, 2.45) is 5.92 Å². The molecule has 1 atom stereocenters. The SMILES string of the molecule is C[C@@H](Cc1nc2c(c(N3CCNCC3)n1)CCN(c1cc(O)cc3ccccc13)C2)CN(C)C. The van der Waals surface area contributed by atoms with Crippen LogP contribution in [0.15, 0.2) is 36.4 Å². The molecule has 3 heterocycles. The van der Waals surface area contributed by atoms with Crippen LogP contribution in [-0.4, -0.2) is 73.3 Å². The summed E-state index contributed by atoms with van der Waals surface area (Å²) in [5.41, 5.74) is 3.51. The molecule has 7 heteroatoms. The molecule has 7 nitrogen and oxygen atoms in total. The Kier molecular flexibility index (Phi) is 6.57. The van der Waals surface area contributed by atoms with E-state index in [0.29, 0.717) is 11.7 Å². The molecule has 1 aromatic heterocycles. The topological polar surface area (TPSA) is 67.8 Å². The van der Waals surface area contributed by atoms with Crippen molar-refractivity contribution in [1.29, 1.82) is 0 Å². The van der Waals surface area contributed by atoms with Crippen molar-refractivity contribution in [2.75, 3.05) is 63.2 Å². The van der Waals surface area contributed by atoms with Gasteiger partial charge in [-0.3, -0.25) is 0 Å². The number of anilines is 2. The molecule has 0 aliphatic carbocycles. The fraction of sp³-hybridized carbons (Fsp3) is 0.481. The first kappa shape index (κ1) is 22.9. The second kappa shape index (κ2) is 9.76. The van der Waals surface area contributed by atoms with Crippen molar-refractivity contribution in [3.8, 4) is 5.75 Å². The zero-order valence-corrected chi connectivity index (χ0v) is 20.6. The summed E-state index contributed by atoms with van der Waals surface area (Å²) in [6, 6.07) is 12.0. The zero-order valence-electron chi connectivity index (χ0n) is 20.6.